The highest BCUT2D eigenvalue weighted by atomic mass is 79.9. The minimum atomic E-state index is -0.483. The molecule has 0 aliphatic carbocycles. The molecule has 3 heteroatoms. The first-order chi connectivity index (χ1) is 5.11. The van der Waals surface area contributed by atoms with Gasteiger partial charge in [0, 0.05) is 10.7 Å². The number of hydrogen-bond donors (Lipinski definition) is 1. The Bertz CT molecular complexity index is 260. The lowest BCUT2D eigenvalue weighted by Crippen LogP contribution is -1.98. The first-order valence-electron chi connectivity index (χ1n) is 3.41. The van der Waals surface area contributed by atoms with Gasteiger partial charge < -0.3 is 5.11 Å². The summed E-state index contributed by atoms with van der Waals surface area (Å²) in [5.41, 5.74) is 1.75. The van der Waals surface area contributed by atoms with Crippen molar-refractivity contribution >= 4 is 15.9 Å². The Morgan fingerprint density at radius 1 is 1.64 bits per heavy atom. The number of halogens is 1. The van der Waals surface area contributed by atoms with Gasteiger partial charge in [0.1, 0.15) is 0 Å². The molecule has 1 atom stereocenters. The van der Waals surface area contributed by atoms with E-state index < -0.39 is 6.10 Å². The van der Waals surface area contributed by atoms with Gasteiger partial charge in [0.25, 0.3) is 0 Å². The topological polar surface area (TPSA) is 33.1 Å². The molecule has 0 amide bonds. The molecule has 0 bridgehead atoms. The van der Waals surface area contributed by atoms with Gasteiger partial charge in [-0.2, -0.15) is 0 Å². The summed E-state index contributed by atoms with van der Waals surface area (Å²) in [4.78, 5) is 4.08. The normalized spacial score (nSPS) is 13.1. The number of aromatic nitrogens is 1. The average molecular weight is 216 g/mol. The lowest BCUT2D eigenvalue weighted by Gasteiger charge is -2.06. The van der Waals surface area contributed by atoms with Crippen molar-refractivity contribution < 1.29 is 5.11 Å². The summed E-state index contributed by atoms with van der Waals surface area (Å²) in [6.45, 7) is 3.64. The fraction of sp³-hybridized carbons (Fsp3) is 0.375. The first kappa shape index (κ1) is 8.68. The molecule has 1 N–H and O–H groups in total. The quantitative estimate of drug-likeness (QED) is 0.780. The molecule has 1 heterocycles. The molecule has 2 nitrogen and oxygen atoms in total. The van der Waals surface area contributed by atoms with Gasteiger partial charge in [-0.25, -0.2) is 0 Å². The van der Waals surface area contributed by atoms with Crippen molar-refractivity contribution in [2.75, 3.05) is 0 Å². The second-order valence-electron chi connectivity index (χ2n) is 2.53. The molecular formula is C8H10BrNO. The van der Waals surface area contributed by atoms with Crippen LogP contribution in [0.25, 0.3) is 0 Å². The molecule has 0 saturated carbocycles. The lowest BCUT2D eigenvalue weighted by molar-refractivity contribution is 0.193. The van der Waals surface area contributed by atoms with Gasteiger partial charge in [-0.05, 0) is 41.4 Å². The number of pyridine rings is 1. The summed E-state index contributed by atoms with van der Waals surface area (Å²) >= 11 is 3.30. The van der Waals surface area contributed by atoms with Crippen LogP contribution in [0.2, 0.25) is 0 Å². The molecule has 1 aromatic heterocycles. The molecule has 0 radical (unpaired) electrons. The molecule has 0 fully saturated rings. The van der Waals surface area contributed by atoms with Gasteiger partial charge in [0.2, 0.25) is 0 Å². The molecule has 0 aliphatic heterocycles. The Kier molecular flexibility index (Phi) is 2.62. The van der Waals surface area contributed by atoms with Gasteiger partial charge in [-0.3, -0.25) is 4.98 Å². The van der Waals surface area contributed by atoms with Gasteiger partial charge in [-0.1, -0.05) is 0 Å². The minimum absolute atomic E-state index is 0.483. The monoisotopic (exact) mass is 215 g/mol. The summed E-state index contributed by atoms with van der Waals surface area (Å²) in [6.07, 6.45) is 1.21. The Hall–Kier alpha value is -0.410. The highest BCUT2D eigenvalue weighted by Crippen LogP contribution is 2.17. The molecule has 0 aromatic carbocycles. The third kappa shape index (κ3) is 2.01. The molecule has 1 rings (SSSR count). The number of aryl methyl sites for hydroxylation is 1. The van der Waals surface area contributed by atoms with E-state index in [1.54, 1.807) is 13.1 Å². The highest BCUT2D eigenvalue weighted by Gasteiger charge is 2.05. The standard InChI is InChI=1S/C8H10BrNO/c1-5-3-7(9)4-10-8(5)6(2)11/h3-4,6,11H,1-2H3/t6-/m1/s1. The summed E-state index contributed by atoms with van der Waals surface area (Å²) in [7, 11) is 0. The SMILES string of the molecule is Cc1cc(Br)cnc1[C@@H](C)O. The van der Waals surface area contributed by atoms with E-state index in [4.69, 9.17) is 0 Å². The largest absolute Gasteiger partial charge is 0.387 e. The van der Waals surface area contributed by atoms with E-state index in [-0.39, 0.29) is 0 Å². The predicted octanol–water partition coefficient (Wildman–Crippen LogP) is 2.21. The van der Waals surface area contributed by atoms with Crippen LogP contribution in [-0.4, -0.2) is 10.1 Å². The maximum Gasteiger partial charge on any atom is 0.0934 e. The molecule has 0 spiro atoms. The maximum atomic E-state index is 9.22. The van der Waals surface area contributed by atoms with Crippen molar-refractivity contribution in [3.63, 3.8) is 0 Å². The molecule has 1 aromatic rings. The Morgan fingerprint density at radius 3 is 2.73 bits per heavy atom. The first-order valence-corrected chi connectivity index (χ1v) is 4.20. The van der Waals surface area contributed by atoms with Gasteiger partial charge in [0.15, 0.2) is 0 Å². The number of aliphatic hydroxyl groups excluding tert-OH is 1. The van der Waals surface area contributed by atoms with Crippen molar-refractivity contribution in [1.82, 2.24) is 4.98 Å². The van der Waals surface area contributed by atoms with Crippen molar-refractivity contribution in [3.8, 4) is 0 Å². The fourth-order valence-corrected chi connectivity index (χ4v) is 1.43. The zero-order chi connectivity index (χ0) is 8.43. The van der Waals surface area contributed by atoms with Crippen molar-refractivity contribution in [2.24, 2.45) is 0 Å². The minimum Gasteiger partial charge on any atom is -0.387 e. The van der Waals surface area contributed by atoms with Gasteiger partial charge in [0.05, 0.1) is 11.8 Å². The molecule has 0 unspecified atom stereocenters. The smallest absolute Gasteiger partial charge is 0.0934 e. The van der Waals surface area contributed by atoms with Gasteiger partial charge >= 0.3 is 0 Å². The zero-order valence-electron chi connectivity index (χ0n) is 6.50. The van der Waals surface area contributed by atoms with E-state index >= 15 is 0 Å². The fourth-order valence-electron chi connectivity index (χ4n) is 0.988. The molecule has 11 heavy (non-hydrogen) atoms. The number of hydrogen-bond acceptors (Lipinski definition) is 2. The highest BCUT2D eigenvalue weighted by molar-refractivity contribution is 9.10. The van der Waals surface area contributed by atoms with Crippen LogP contribution in [0.3, 0.4) is 0 Å². The number of rotatable bonds is 1. The van der Waals surface area contributed by atoms with Crippen LogP contribution >= 0.6 is 15.9 Å². The van der Waals surface area contributed by atoms with E-state index in [1.165, 1.54) is 0 Å². The molecular weight excluding hydrogens is 206 g/mol. The van der Waals surface area contributed by atoms with E-state index in [1.807, 2.05) is 13.0 Å². The second-order valence-corrected chi connectivity index (χ2v) is 3.45. The maximum absolute atomic E-state index is 9.22. The van der Waals surface area contributed by atoms with Crippen LogP contribution in [0.5, 0.6) is 0 Å². The van der Waals surface area contributed by atoms with Crippen LogP contribution in [0.15, 0.2) is 16.7 Å². The average Bonchev–Trinajstić information content (AvgIpc) is 1.85. The van der Waals surface area contributed by atoms with Crippen molar-refractivity contribution in [2.45, 2.75) is 20.0 Å². The second kappa shape index (κ2) is 3.32. The van der Waals surface area contributed by atoms with Crippen LogP contribution in [-0.2, 0) is 0 Å². The van der Waals surface area contributed by atoms with Crippen molar-refractivity contribution in [3.05, 3.63) is 28.0 Å². The number of nitrogens with zero attached hydrogens (tertiary/aromatic N) is 1. The van der Waals surface area contributed by atoms with E-state index in [0.717, 1.165) is 15.7 Å². The third-order valence-electron chi connectivity index (χ3n) is 1.48. The Morgan fingerprint density at radius 2 is 2.27 bits per heavy atom. The Labute approximate surface area is 74.4 Å². The number of aliphatic hydroxyl groups is 1. The van der Waals surface area contributed by atoms with Crippen LogP contribution in [0.1, 0.15) is 24.3 Å². The molecule has 0 aliphatic rings. The lowest BCUT2D eigenvalue weighted by atomic mass is 10.1. The molecule has 60 valence electrons. The summed E-state index contributed by atoms with van der Waals surface area (Å²) in [6, 6.07) is 1.94. The van der Waals surface area contributed by atoms with Crippen molar-refractivity contribution in [1.29, 1.82) is 0 Å². The summed E-state index contributed by atoms with van der Waals surface area (Å²) in [5.74, 6) is 0. The summed E-state index contributed by atoms with van der Waals surface area (Å²) in [5, 5.41) is 9.22. The van der Waals surface area contributed by atoms with E-state index in [2.05, 4.69) is 20.9 Å². The van der Waals surface area contributed by atoms with Crippen LogP contribution < -0.4 is 0 Å². The molecule has 0 saturated heterocycles. The van der Waals surface area contributed by atoms with E-state index in [0.29, 0.717) is 0 Å². The van der Waals surface area contributed by atoms with Crippen LogP contribution in [0.4, 0.5) is 0 Å². The Balaban J connectivity index is 3.09. The third-order valence-corrected chi connectivity index (χ3v) is 1.91. The summed E-state index contributed by atoms with van der Waals surface area (Å²) < 4.78 is 0.944. The predicted molar refractivity (Wildman–Crippen MR) is 47.3 cm³/mol. The van der Waals surface area contributed by atoms with Crippen LogP contribution in [0, 0.1) is 6.92 Å². The van der Waals surface area contributed by atoms with Gasteiger partial charge in [-0.15, -0.1) is 0 Å². The zero-order valence-corrected chi connectivity index (χ0v) is 8.09. The van der Waals surface area contributed by atoms with E-state index in [9.17, 15) is 5.11 Å².